The highest BCUT2D eigenvalue weighted by Crippen LogP contribution is 1.83. The third-order valence-electron chi connectivity index (χ3n) is 0.953. The minimum absolute atomic E-state index is 0.380. The molecule has 0 saturated carbocycles. The SMILES string of the molecule is CCC(NN)C(N)=O. The van der Waals surface area contributed by atoms with Gasteiger partial charge in [0.25, 0.3) is 0 Å². The lowest BCUT2D eigenvalue weighted by molar-refractivity contribution is -0.120. The van der Waals surface area contributed by atoms with E-state index in [-0.39, 0.29) is 6.04 Å². The molecule has 0 aliphatic heterocycles. The van der Waals surface area contributed by atoms with Crippen LogP contribution in [0, 0.1) is 0 Å². The highest BCUT2D eigenvalue weighted by atomic mass is 16.1. The molecular weight excluding hydrogens is 106 g/mol. The van der Waals surface area contributed by atoms with Crippen molar-refractivity contribution < 1.29 is 4.79 Å². The fourth-order valence-corrected chi connectivity index (χ4v) is 0.401. The molecule has 0 aliphatic rings. The number of rotatable bonds is 3. The van der Waals surface area contributed by atoms with Gasteiger partial charge >= 0.3 is 0 Å². The molecule has 0 aromatic rings. The average Bonchev–Trinajstić information content (AvgIpc) is 1.69. The van der Waals surface area contributed by atoms with Crippen molar-refractivity contribution in [1.82, 2.24) is 5.43 Å². The first-order valence-electron chi connectivity index (χ1n) is 2.47. The Balaban J connectivity index is 3.52. The molecule has 0 radical (unpaired) electrons. The van der Waals surface area contributed by atoms with E-state index in [1.54, 1.807) is 0 Å². The van der Waals surface area contributed by atoms with Gasteiger partial charge in [-0.1, -0.05) is 6.92 Å². The predicted octanol–water partition coefficient (Wildman–Crippen LogP) is -1.29. The zero-order chi connectivity index (χ0) is 6.57. The Bertz CT molecular complexity index is 79.4. The van der Waals surface area contributed by atoms with Crippen LogP contribution in [0.4, 0.5) is 0 Å². The summed E-state index contributed by atoms with van der Waals surface area (Å²) in [5.41, 5.74) is 7.15. The van der Waals surface area contributed by atoms with E-state index in [1.807, 2.05) is 6.92 Å². The number of nitrogens with one attached hydrogen (secondary N) is 1. The molecule has 5 N–H and O–H groups in total. The van der Waals surface area contributed by atoms with Crippen LogP contribution in [-0.2, 0) is 4.79 Å². The molecular formula is C4H11N3O. The number of primary amides is 1. The summed E-state index contributed by atoms with van der Waals surface area (Å²) in [6, 6.07) is -0.380. The molecule has 4 nitrogen and oxygen atoms in total. The van der Waals surface area contributed by atoms with Crippen LogP contribution in [0.1, 0.15) is 13.3 Å². The van der Waals surface area contributed by atoms with Crippen LogP contribution >= 0.6 is 0 Å². The van der Waals surface area contributed by atoms with Crippen LogP contribution in [0.3, 0.4) is 0 Å². The van der Waals surface area contributed by atoms with Crippen molar-refractivity contribution in [3.05, 3.63) is 0 Å². The molecule has 1 atom stereocenters. The number of hydrazine groups is 1. The van der Waals surface area contributed by atoms with E-state index in [1.165, 1.54) is 0 Å². The van der Waals surface area contributed by atoms with Gasteiger partial charge in [0.15, 0.2) is 0 Å². The average molecular weight is 117 g/mol. The van der Waals surface area contributed by atoms with Crippen molar-refractivity contribution in [2.75, 3.05) is 0 Å². The zero-order valence-electron chi connectivity index (χ0n) is 4.85. The van der Waals surface area contributed by atoms with Crippen LogP contribution in [0.5, 0.6) is 0 Å². The van der Waals surface area contributed by atoms with E-state index in [9.17, 15) is 4.79 Å². The molecule has 0 spiro atoms. The van der Waals surface area contributed by atoms with Gasteiger partial charge in [-0.25, -0.2) is 5.43 Å². The molecule has 1 amide bonds. The minimum atomic E-state index is -0.407. The molecule has 8 heavy (non-hydrogen) atoms. The van der Waals surface area contributed by atoms with Crippen molar-refractivity contribution in [2.45, 2.75) is 19.4 Å². The molecule has 48 valence electrons. The first kappa shape index (κ1) is 7.39. The number of amides is 1. The third kappa shape index (κ3) is 1.90. The van der Waals surface area contributed by atoms with Gasteiger partial charge in [0.05, 0.1) is 6.04 Å². The number of hydrogen-bond acceptors (Lipinski definition) is 3. The highest BCUT2D eigenvalue weighted by Gasteiger charge is 2.07. The van der Waals surface area contributed by atoms with Crippen LogP contribution < -0.4 is 17.0 Å². The van der Waals surface area contributed by atoms with Gasteiger partial charge in [-0.15, -0.1) is 0 Å². The normalized spacial score (nSPS) is 13.2. The Kier molecular flexibility index (Phi) is 3.14. The van der Waals surface area contributed by atoms with Gasteiger partial charge in [0, 0.05) is 0 Å². The Morgan fingerprint density at radius 3 is 2.38 bits per heavy atom. The summed E-state index contributed by atoms with van der Waals surface area (Å²) in [6.45, 7) is 1.83. The summed E-state index contributed by atoms with van der Waals surface area (Å²) in [6.07, 6.45) is 0.631. The highest BCUT2D eigenvalue weighted by molar-refractivity contribution is 5.79. The van der Waals surface area contributed by atoms with Gasteiger partial charge < -0.3 is 5.73 Å². The van der Waals surface area contributed by atoms with Gasteiger partial charge in [0.1, 0.15) is 0 Å². The van der Waals surface area contributed by atoms with Crippen molar-refractivity contribution in [1.29, 1.82) is 0 Å². The third-order valence-corrected chi connectivity index (χ3v) is 0.953. The molecule has 0 fully saturated rings. The largest absolute Gasteiger partial charge is 0.368 e. The summed E-state index contributed by atoms with van der Waals surface area (Å²) in [7, 11) is 0. The second-order valence-corrected chi connectivity index (χ2v) is 1.53. The summed E-state index contributed by atoms with van der Waals surface area (Å²) in [5.74, 6) is 4.53. The molecule has 0 aromatic carbocycles. The Morgan fingerprint density at radius 2 is 2.38 bits per heavy atom. The molecule has 0 aliphatic carbocycles. The maximum atomic E-state index is 10.2. The second kappa shape index (κ2) is 3.40. The summed E-state index contributed by atoms with van der Waals surface area (Å²) in [5, 5.41) is 0. The number of carbonyl (C=O) groups is 1. The number of nitrogens with two attached hydrogens (primary N) is 2. The van der Waals surface area contributed by atoms with E-state index < -0.39 is 5.91 Å². The predicted molar refractivity (Wildman–Crippen MR) is 30.6 cm³/mol. The number of hydrogen-bond donors (Lipinski definition) is 3. The Labute approximate surface area is 48.2 Å². The number of carbonyl (C=O) groups excluding carboxylic acids is 1. The van der Waals surface area contributed by atoms with Crippen molar-refractivity contribution in [2.24, 2.45) is 11.6 Å². The first-order valence-corrected chi connectivity index (χ1v) is 2.47. The molecule has 0 bridgehead atoms. The molecule has 0 rings (SSSR count). The Hall–Kier alpha value is -0.610. The fraction of sp³-hybridized carbons (Fsp3) is 0.750. The van der Waals surface area contributed by atoms with Crippen LogP contribution in [0.2, 0.25) is 0 Å². The molecule has 0 saturated heterocycles. The van der Waals surface area contributed by atoms with Crippen molar-refractivity contribution >= 4 is 5.91 Å². The Morgan fingerprint density at radius 1 is 1.88 bits per heavy atom. The summed E-state index contributed by atoms with van der Waals surface area (Å²) in [4.78, 5) is 10.2. The van der Waals surface area contributed by atoms with Gasteiger partial charge in [-0.3, -0.25) is 10.6 Å². The molecule has 4 heteroatoms. The lowest BCUT2D eigenvalue weighted by Gasteiger charge is -2.06. The van der Waals surface area contributed by atoms with E-state index in [0.717, 1.165) is 0 Å². The van der Waals surface area contributed by atoms with Crippen LogP contribution in [-0.4, -0.2) is 11.9 Å². The minimum Gasteiger partial charge on any atom is -0.368 e. The van der Waals surface area contributed by atoms with Crippen molar-refractivity contribution in [3.8, 4) is 0 Å². The van der Waals surface area contributed by atoms with Crippen LogP contribution in [0.15, 0.2) is 0 Å². The maximum Gasteiger partial charge on any atom is 0.235 e. The fourth-order valence-electron chi connectivity index (χ4n) is 0.401. The second-order valence-electron chi connectivity index (χ2n) is 1.53. The maximum absolute atomic E-state index is 10.2. The van der Waals surface area contributed by atoms with Gasteiger partial charge in [-0.2, -0.15) is 0 Å². The standard InChI is InChI=1S/C4H11N3O/c1-2-3(7-6)4(5)8/h3,7H,2,6H2,1H3,(H2,5,8). The smallest absolute Gasteiger partial charge is 0.235 e. The molecule has 1 unspecified atom stereocenters. The first-order chi connectivity index (χ1) is 3.72. The monoisotopic (exact) mass is 117 g/mol. The molecule has 0 aromatic heterocycles. The van der Waals surface area contributed by atoms with E-state index in [4.69, 9.17) is 11.6 Å². The quantitative estimate of drug-likeness (QED) is 0.318. The zero-order valence-corrected chi connectivity index (χ0v) is 4.85. The van der Waals surface area contributed by atoms with Crippen LogP contribution in [0.25, 0.3) is 0 Å². The van der Waals surface area contributed by atoms with Gasteiger partial charge in [-0.05, 0) is 6.42 Å². The summed E-state index contributed by atoms with van der Waals surface area (Å²) < 4.78 is 0. The van der Waals surface area contributed by atoms with E-state index in [2.05, 4.69) is 5.43 Å². The van der Waals surface area contributed by atoms with Gasteiger partial charge in [0.2, 0.25) is 5.91 Å². The lowest BCUT2D eigenvalue weighted by Crippen LogP contribution is -2.44. The molecule has 0 heterocycles. The van der Waals surface area contributed by atoms with E-state index in [0.29, 0.717) is 6.42 Å². The topological polar surface area (TPSA) is 81.1 Å². The summed E-state index contributed by atoms with van der Waals surface area (Å²) >= 11 is 0. The van der Waals surface area contributed by atoms with E-state index >= 15 is 0 Å². The lowest BCUT2D eigenvalue weighted by atomic mass is 10.2. The van der Waals surface area contributed by atoms with Crippen molar-refractivity contribution in [3.63, 3.8) is 0 Å².